The summed E-state index contributed by atoms with van der Waals surface area (Å²) in [6.07, 6.45) is 0.329. The van der Waals surface area contributed by atoms with E-state index in [9.17, 15) is 4.79 Å². The van der Waals surface area contributed by atoms with Gasteiger partial charge in [-0.15, -0.1) is 12.4 Å². The summed E-state index contributed by atoms with van der Waals surface area (Å²) in [5.41, 5.74) is 6.11. The van der Waals surface area contributed by atoms with Crippen LogP contribution in [0.3, 0.4) is 0 Å². The fourth-order valence-electron chi connectivity index (χ4n) is 0.949. The van der Waals surface area contributed by atoms with Gasteiger partial charge in [0.1, 0.15) is 5.82 Å². The molecular formula is C9H14ClN3O. The van der Waals surface area contributed by atoms with E-state index in [1.54, 1.807) is 6.07 Å². The summed E-state index contributed by atoms with van der Waals surface area (Å²) in [6, 6.07) is 5.47. The summed E-state index contributed by atoms with van der Waals surface area (Å²) in [5.74, 6) is 0.485. The predicted octanol–water partition coefficient (Wildman–Crippen LogP) is 1.10. The van der Waals surface area contributed by atoms with E-state index in [0.29, 0.717) is 18.8 Å². The van der Waals surface area contributed by atoms with Crippen LogP contribution < -0.4 is 11.1 Å². The van der Waals surface area contributed by atoms with Crippen molar-refractivity contribution < 1.29 is 4.79 Å². The van der Waals surface area contributed by atoms with Gasteiger partial charge in [-0.1, -0.05) is 6.07 Å². The van der Waals surface area contributed by atoms with Crippen LogP contribution in [0.15, 0.2) is 18.2 Å². The number of aromatic nitrogens is 1. The number of nitrogens with one attached hydrogen (secondary N) is 1. The third-order valence-electron chi connectivity index (χ3n) is 1.53. The van der Waals surface area contributed by atoms with Crippen LogP contribution in [0.4, 0.5) is 5.82 Å². The van der Waals surface area contributed by atoms with Crippen molar-refractivity contribution in [2.75, 3.05) is 11.9 Å². The van der Waals surface area contributed by atoms with Crippen LogP contribution in [-0.4, -0.2) is 17.4 Å². The zero-order chi connectivity index (χ0) is 9.68. The quantitative estimate of drug-likeness (QED) is 0.794. The molecule has 0 bridgehead atoms. The van der Waals surface area contributed by atoms with E-state index in [1.165, 1.54) is 0 Å². The molecule has 4 nitrogen and oxygen atoms in total. The Morgan fingerprint density at radius 3 is 2.86 bits per heavy atom. The van der Waals surface area contributed by atoms with Crippen molar-refractivity contribution in [1.82, 2.24) is 4.98 Å². The topological polar surface area (TPSA) is 68.0 Å². The summed E-state index contributed by atoms with van der Waals surface area (Å²) >= 11 is 0. The molecule has 0 aliphatic heterocycles. The van der Waals surface area contributed by atoms with E-state index < -0.39 is 0 Å². The number of nitrogens with zero attached hydrogens (tertiary/aromatic N) is 1. The SMILES string of the molecule is Cc1cccc(NC(=O)CCN)n1.Cl. The molecule has 0 radical (unpaired) electrons. The number of hydrogen-bond donors (Lipinski definition) is 2. The van der Waals surface area contributed by atoms with Gasteiger partial charge < -0.3 is 11.1 Å². The van der Waals surface area contributed by atoms with Crippen LogP contribution in [0.2, 0.25) is 0 Å². The fraction of sp³-hybridized carbons (Fsp3) is 0.333. The van der Waals surface area contributed by atoms with Gasteiger partial charge in [0.15, 0.2) is 0 Å². The number of pyridine rings is 1. The minimum atomic E-state index is -0.0967. The first-order valence-electron chi connectivity index (χ1n) is 4.16. The number of halogens is 1. The summed E-state index contributed by atoms with van der Waals surface area (Å²) in [7, 11) is 0. The zero-order valence-corrected chi connectivity index (χ0v) is 8.80. The van der Waals surface area contributed by atoms with Gasteiger partial charge in [0.2, 0.25) is 5.91 Å². The van der Waals surface area contributed by atoms with Gasteiger partial charge >= 0.3 is 0 Å². The highest BCUT2D eigenvalue weighted by Crippen LogP contribution is 2.03. The molecule has 14 heavy (non-hydrogen) atoms. The van der Waals surface area contributed by atoms with Gasteiger partial charge in [0, 0.05) is 18.7 Å². The van der Waals surface area contributed by atoms with Crippen molar-refractivity contribution in [3.63, 3.8) is 0 Å². The Bertz CT molecular complexity index is 304. The molecule has 5 heteroatoms. The Morgan fingerprint density at radius 1 is 1.57 bits per heavy atom. The number of aryl methyl sites for hydroxylation is 1. The van der Waals surface area contributed by atoms with Gasteiger partial charge in [-0.25, -0.2) is 4.98 Å². The van der Waals surface area contributed by atoms with E-state index in [0.717, 1.165) is 5.69 Å². The number of carbonyl (C=O) groups is 1. The minimum absolute atomic E-state index is 0. The van der Waals surface area contributed by atoms with Crippen molar-refractivity contribution in [1.29, 1.82) is 0 Å². The lowest BCUT2D eigenvalue weighted by Crippen LogP contribution is -2.16. The number of anilines is 1. The molecule has 0 aliphatic carbocycles. The highest BCUT2D eigenvalue weighted by Gasteiger charge is 2.00. The monoisotopic (exact) mass is 215 g/mol. The maximum atomic E-state index is 11.1. The van der Waals surface area contributed by atoms with Crippen LogP contribution in [0, 0.1) is 6.92 Å². The predicted molar refractivity (Wildman–Crippen MR) is 58.5 cm³/mol. The maximum absolute atomic E-state index is 11.1. The van der Waals surface area contributed by atoms with Crippen LogP contribution in [0.25, 0.3) is 0 Å². The molecule has 0 aromatic carbocycles. The first kappa shape index (κ1) is 12.9. The molecule has 1 rings (SSSR count). The summed E-state index contributed by atoms with van der Waals surface area (Å²) in [6.45, 7) is 2.23. The number of carbonyl (C=O) groups excluding carboxylic acids is 1. The Morgan fingerprint density at radius 2 is 2.29 bits per heavy atom. The molecule has 0 unspecified atom stereocenters. The normalized spacial score (nSPS) is 9.00. The van der Waals surface area contributed by atoms with Crippen LogP contribution in [0.1, 0.15) is 12.1 Å². The maximum Gasteiger partial charge on any atom is 0.226 e. The molecule has 3 N–H and O–H groups in total. The van der Waals surface area contributed by atoms with E-state index in [-0.39, 0.29) is 18.3 Å². The molecule has 0 saturated heterocycles. The Labute approximate surface area is 89.3 Å². The highest BCUT2D eigenvalue weighted by molar-refractivity contribution is 5.89. The van der Waals surface area contributed by atoms with Crippen LogP contribution >= 0.6 is 12.4 Å². The number of rotatable bonds is 3. The number of hydrogen-bond acceptors (Lipinski definition) is 3. The zero-order valence-electron chi connectivity index (χ0n) is 7.99. The Balaban J connectivity index is 0.00000169. The van der Waals surface area contributed by atoms with Crippen molar-refractivity contribution in [3.8, 4) is 0 Å². The molecule has 0 fully saturated rings. The smallest absolute Gasteiger partial charge is 0.226 e. The average Bonchev–Trinajstić information content (AvgIpc) is 2.04. The lowest BCUT2D eigenvalue weighted by molar-refractivity contribution is -0.116. The first-order valence-corrected chi connectivity index (χ1v) is 4.16. The number of amides is 1. The summed E-state index contributed by atoms with van der Waals surface area (Å²) in [5, 5.41) is 2.65. The van der Waals surface area contributed by atoms with Gasteiger partial charge in [0.05, 0.1) is 0 Å². The van der Waals surface area contributed by atoms with Crippen molar-refractivity contribution in [3.05, 3.63) is 23.9 Å². The lowest BCUT2D eigenvalue weighted by Gasteiger charge is -2.03. The lowest BCUT2D eigenvalue weighted by atomic mass is 10.3. The van der Waals surface area contributed by atoms with E-state index >= 15 is 0 Å². The van der Waals surface area contributed by atoms with Gasteiger partial charge in [0.25, 0.3) is 0 Å². The summed E-state index contributed by atoms with van der Waals surface area (Å²) in [4.78, 5) is 15.2. The van der Waals surface area contributed by atoms with Crippen LogP contribution in [0.5, 0.6) is 0 Å². The van der Waals surface area contributed by atoms with Crippen molar-refractivity contribution in [2.45, 2.75) is 13.3 Å². The fourth-order valence-corrected chi connectivity index (χ4v) is 0.949. The molecule has 0 spiro atoms. The molecule has 1 amide bonds. The second-order valence-corrected chi connectivity index (χ2v) is 2.75. The van der Waals surface area contributed by atoms with E-state index in [1.807, 2.05) is 19.1 Å². The first-order chi connectivity index (χ1) is 6.22. The molecule has 1 aromatic heterocycles. The molecule has 1 aromatic rings. The molecule has 0 atom stereocenters. The third kappa shape index (κ3) is 4.20. The molecular weight excluding hydrogens is 202 g/mol. The van der Waals surface area contributed by atoms with Crippen LogP contribution in [-0.2, 0) is 4.79 Å². The second-order valence-electron chi connectivity index (χ2n) is 2.75. The third-order valence-corrected chi connectivity index (χ3v) is 1.53. The largest absolute Gasteiger partial charge is 0.330 e. The molecule has 78 valence electrons. The molecule has 0 saturated carbocycles. The summed E-state index contributed by atoms with van der Waals surface area (Å²) < 4.78 is 0. The van der Waals surface area contributed by atoms with Crippen molar-refractivity contribution in [2.24, 2.45) is 5.73 Å². The minimum Gasteiger partial charge on any atom is -0.330 e. The molecule has 0 aliphatic rings. The van der Waals surface area contributed by atoms with Gasteiger partial charge in [-0.05, 0) is 19.1 Å². The average molecular weight is 216 g/mol. The standard InChI is InChI=1S/C9H13N3O.ClH/c1-7-3-2-4-8(11-7)12-9(13)5-6-10;/h2-4H,5-6,10H2,1H3,(H,11,12,13);1H. The van der Waals surface area contributed by atoms with Gasteiger partial charge in [-0.2, -0.15) is 0 Å². The molecule has 1 heterocycles. The Hall–Kier alpha value is -1.13. The van der Waals surface area contributed by atoms with E-state index in [2.05, 4.69) is 10.3 Å². The van der Waals surface area contributed by atoms with Gasteiger partial charge in [-0.3, -0.25) is 4.79 Å². The second kappa shape index (κ2) is 6.34. The Kier molecular flexibility index (Phi) is 5.83. The van der Waals surface area contributed by atoms with Crippen molar-refractivity contribution >= 4 is 24.1 Å². The number of nitrogens with two attached hydrogens (primary N) is 1. The van der Waals surface area contributed by atoms with E-state index in [4.69, 9.17) is 5.73 Å². The highest BCUT2D eigenvalue weighted by atomic mass is 35.5.